The molecule has 4 nitrogen and oxygen atoms in total. The first-order valence-corrected chi connectivity index (χ1v) is 7.78. The van der Waals surface area contributed by atoms with E-state index < -0.39 is 0 Å². The van der Waals surface area contributed by atoms with Crippen LogP contribution in [0.25, 0.3) is 0 Å². The van der Waals surface area contributed by atoms with Gasteiger partial charge in [0.15, 0.2) is 0 Å². The Labute approximate surface area is 140 Å². The molecule has 1 aliphatic rings. The van der Waals surface area contributed by atoms with Gasteiger partial charge < -0.3 is 14.8 Å². The van der Waals surface area contributed by atoms with Crippen LogP contribution in [-0.2, 0) is 4.79 Å². The molecule has 1 aliphatic carbocycles. The zero-order valence-corrected chi connectivity index (χ0v) is 13.8. The Hall–Kier alpha value is -2.20. The number of hydrogen-bond acceptors (Lipinski definition) is 3. The van der Waals surface area contributed by atoms with E-state index in [9.17, 15) is 4.79 Å². The van der Waals surface area contributed by atoms with E-state index in [1.807, 2.05) is 24.3 Å². The molecule has 2 atom stereocenters. The van der Waals surface area contributed by atoms with Gasteiger partial charge in [-0.1, -0.05) is 23.7 Å². The maximum atomic E-state index is 12.3. The molecule has 0 heterocycles. The summed E-state index contributed by atoms with van der Waals surface area (Å²) < 4.78 is 10.3. The normalized spacial score (nSPS) is 19.1. The van der Waals surface area contributed by atoms with Gasteiger partial charge in [-0.3, -0.25) is 4.79 Å². The Balaban J connectivity index is 1.62. The van der Waals surface area contributed by atoms with E-state index >= 15 is 0 Å². The molecule has 120 valence electrons. The van der Waals surface area contributed by atoms with Crippen molar-refractivity contribution in [1.82, 2.24) is 0 Å². The maximum absolute atomic E-state index is 12.3. The Morgan fingerprint density at radius 2 is 1.87 bits per heavy atom. The number of anilines is 1. The van der Waals surface area contributed by atoms with Crippen molar-refractivity contribution in [1.29, 1.82) is 0 Å². The van der Waals surface area contributed by atoms with Gasteiger partial charge in [0.05, 0.1) is 19.2 Å². The lowest BCUT2D eigenvalue weighted by molar-refractivity contribution is -0.117. The van der Waals surface area contributed by atoms with E-state index in [1.165, 1.54) is 5.56 Å². The molecule has 0 spiro atoms. The van der Waals surface area contributed by atoms with Crippen LogP contribution in [0.1, 0.15) is 17.9 Å². The van der Waals surface area contributed by atoms with E-state index in [0.717, 1.165) is 12.2 Å². The quantitative estimate of drug-likeness (QED) is 0.897. The summed E-state index contributed by atoms with van der Waals surface area (Å²) >= 11 is 6.07. The molecular formula is C18H18ClNO3. The van der Waals surface area contributed by atoms with E-state index in [1.54, 1.807) is 32.4 Å². The van der Waals surface area contributed by atoms with Gasteiger partial charge in [0.2, 0.25) is 5.91 Å². The number of carbonyl (C=O) groups excluding carboxylic acids is 1. The Morgan fingerprint density at radius 1 is 1.13 bits per heavy atom. The van der Waals surface area contributed by atoms with E-state index in [2.05, 4.69) is 5.32 Å². The third-order valence-corrected chi connectivity index (χ3v) is 4.39. The predicted octanol–water partition coefficient (Wildman–Crippen LogP) is 4.10. The highest BCUT2D eigenvalue weighted by atomic mass is 35.5. The van der Waals surface area contributed by atoms with Gasteiger partial charge >= 0.3 is 0 Å². The number of amides is 1. The minimum Gasteiger partial charge on any atom is -0.497 e. The molecule has 0 bridgehead atoms. The number of ether oxygens (including phenoxy) is 2. The fourth-order valence-corrected chi connectivity index (χ4v) is 2.94. The molecule has 2 unspecified atom stereocenters. The van der Waals surface area contributed by atoms with E-state index in [-0.39, 0.29) is 17.7 Å². The molecule has 0 saturated heterocycles. The summed E-state index contributed by atoms with van der Waals surface area (Å²) in [7, 11) is 3.20. The lowest BCUT2D eigenvalue weighted by Gasteiger charge is -2.08. The molecule has 23 heavy (non-hydrogen) atoms. The van der Waals surface area contributed by atoms with Crippen molar-refractivity contribution in [3.05, 3.63) is 53.1 Å². The van der Waals surface area contributed by atoms with Crippen LogP contribution < -0.4 is 14.8 Å². The summed E-state index contributed by atoms with van der Waals surface area (Å²) in [5.74, 6) is 1.71. The minimum atomic E-state index is 0.00396. The number of hydrogen-bond donors (Lipinski definition) is 1. The lowest BCUT2D eigenvalue weighted by Crippen LogP contribution is -2.14. The van der Waals surface area contributed by atoms with Crippen molar-refractivity contribution in [2.45, 2.75) is 12.3 Å². The number of nitrogens with one attached hydrogen (secondary N) is 1. The number of rotatable bonds is 5. The summed E-state index contributed by atoms with van der Waals surface area (Å²) in [4.78, 5) is 12.3. The largest absolute Gasteiger partial charge is 0.497 e. The van der Waals surface area contributed by atoms with Gasteiger partial charge in [0.1, 0.15) is 11.5 Å². The van der Waals surface area contributed by atoms with Gasteiger partial charge in [-0.2, -0.15) is 0 Å². The van der Waals surface area contributed by atoms with E-state index in [4.69, 9.17) is 21.1 Å². The fraction of sp³-hybridized carbons (Fsp3) is 0.278. The summed E-state index contributed by atoms with van der Waals surface area (Å²) in [6, 6.07) is 13.1. The molecule has 5 heteroatoms. The molecule has 2 aromatic carbocycles. The van der Waals surface area contributed by atoms with Crippen molar-refractivity contribution < 1.29 is 14.3 Å². The van der Waals surface area contributed by atoms with Crippen LogP contribution in [0.4, 0.5) is 5.69 Å². The monoisotopic (exact) mass is 331 g/mol. The first-order valence-electron chi connectivity index (χ1n) is 7.40. The van der Waals surface area contributed by atoms with Crippen molar-refractivity contribution in [2.24, 2.45) is 5.92 Å². The summed E-state index contributed by atoms with van der Waals surface area (Å²) in [6.45, 7) is 0. The SMILES string of the molecule is COc1ccc(C2CC2C(=O)Nc2ccc(OC)c(Cl)c2)cc1. The highest BCUT2D eigenvalue weighted by molar-refractivity contribution is 6.32. The minimum absolute atomic E-state index is 0.00396. The van der Waals surface area contributed by atoms with Crippen molar-refractivity contribution in [3.8, 4) is 11.5 Å². The molecule has 0 aliphatic heterocycles. The van der Waals surface area contributed by atoms with Gasteiger partial charge in [-0.15, -0.1) is 0 Å². The summed E-state index contributed by atoms with van der Waals surface area (Å²) in [6.07, 6.45) is 0.863. The number of methoxy groups -OCH3 is 2. The Kier molecular flexibility index (Phi) is 4.44. The fourth-order valence-electron chi connectivity index (χ4n) is 2.68. The van der Waals surface area contributed by atoms with Gasteiger partial charge in [0, 0.05) is 11.6 Å². The number of carbonyl (C=O) groups is 1. The third-order valence-electron chi connectivity index (χ3n) is 4.09. The smallest absolute Gasteiger partial charge is 0.228 e. The first-order chi connectivity index (χ1) is 11.1. The van der Waals surface area contributed by atoms with Crippen LogP contribution in [-0.4, -0.2) is 20.1 Å². The summed E-state index contributed by atoms with van der Waals surface area (Å²) in [5, 5.41) is 3.39. The standard InChI is InChI=1S/C18H18ClNO3/c1-22-13-6-3-11(4-7-13)14-10-15(14)18(21)20-12-5-8-17(23-2)16(19)9-12/h3-9,14-15H,10H2,1-2H3,(H,20,21). The van der Waals surface area contributed by atoms with Crippen LogP contribution in [0.3, 0.4) is 0 Å². The van der Waals surface area contributed by atoms with Gasteiger partial charge in [-0.25, -0.2) is 0 Å². The molecule has 1 saturated carbocycles. The van der Waals surface area contributed by atoms with Crippen molar-refractivity contribution in [3.63, 3.8) is 0 Å². The Bertz CT molecular complexity index is 715. The van der Waals surface area contributed by atoms with Crippen LogP contribution in [0.15, 0.2) is 42.5 Å². The molecule has 1 N–H and O–H groups in total. The maximum Gasteiger partial charge on any atom is 0.228 e. The Morgan fingerprint density at radius 3 is 2.48 bits per heavy atom. The van der Waals surface area contributed by atoms with E-state index in [0.29, 0.717) is 16.5 Å². The molecular weight excluding hydrogens is 314 g/mol. The second-order valence-corrected chi connectivity index (χ2v) is 5.97. The molecule has 1 fully saturated rings. The highest BCUT2D eigenvalue weighted by Gasteiger charge is 2.43. The zero-order valence-electron chi connectivity index (χ0n) is 13.0. The molecule has 1 amide bonds. The van der Waals surface area contributed by atoms with Gasteiger partial charge in [-0.05, 0) is 48.2 Å². The average Bonchev–Trinajstić information content (AvgIpc) is 3.36. The zero-order chi connectivity index (χ0) is 16.4. The van der Waals surface area contributed by atoms with Crippen LogP contribution in [0.5, 0.6) is 11.5 Å². The van der Waals surface area contributed by atoms with Crippen molar-refractivity contribution in [2.75, 3.05) is 19.5 Å². The molecule has 0 aromatic heterocycles. The topological polar surface area (TPSA) is 47.6 Å². The second-order valence-electron chi connectivity index (χ2n) is 5.56. The molecule has 2 aromatic rings. The summed E-state index contributed by atoms with van der Waals surface area (Å²) in [5.41, 5.74) is 1.85. The van der Waals surface area contributed by atoms with Crippen LogP contribution in [0, 0.1) is 5.92 Å². The predicted molar refractivity (Wildman–Crippen MR) is 90.5 cm³/mol. The van der Waals surface area contributed by atoms with Gasteiger partial charge in [0.25, 0.3) is 0 Å². The van der Waals surface area contributed by atoms with Crippen molar-refractivity contribution >= 4 is 23.2 Å². The lowest BCUT2D eigenvalue weighted by atomic mass is 10.1. The first kappa shape index (κ1) is 15.7. The highest BCUT2D eigenvalue weighted by Crippen LogP contribution is 2.48. The molecule has 3 rings (SSSR count). The number of benzene rings is 2. The third kappa shape index (κ3) is 3.42. The average molecular weight is 332 g/mol. The second kappa shape index (κ2) is 6.50. The van der Waals surface area contributed by atoms with Crippen LogP contribution >= 0.6 is 11.6 Å². The number of halogens is 1. The van der Waals surface area contributed by atoms with Crippen LogP contribution in [0.2, 0.25) is 5.02 Å². The molecule has 0 radical (unpaired) electrons.